The molecule has 0 spiro atoms. The highest BCUT2D eigenvalue weighted by Gasteiger charge is 2.14. The summed E-state index contributed by atoms with van der Waals surface area (Å²) in [5, 5.41) is 15.6. The van der Waals surface area contributed by atoms with Gasteiger partial charge in [-0.25, -0.2) is 5.43 Å². The van der Waals surface area contributed by atoms with Crippen LogP contribution in [0.15, 0.2) is 74.7 Å². The molecule has 1 amide bonds. The molecule has 3 aromatic carbocycles. The standard InChI is InChI=1S/C24H17Br2N3O5S/c1-33-20-9-16(19(26)11-21(20)34-13-14-2-4-17(25)5-3-14)12-27-28-24(30)23-10-15-8-18(29(31)32)6-7-22(15)35-23/h2-12H,13H2,1H3,(H,28,30)/b27-12-. The van der Waals surface area contributed by atoms with Gasteiger partial charge in [-0.15, -0.1) is 11.3 Å². The fourth-order valence-electron chi connectivity index (χ4n) is 3.14. The van der Waals surface area contributed by atoms with Gasteiger partial charge in [0.05, 0.1) is 23.1 Å². The van der Waals surface area contributed by atoms with E-state index in [4.69, 9.17) is 9.47 Å². The van der Waals surface area contributed by atoms with Gasteiger partial charge in [-0.1, -0.05) is 28.1 Å². The van der Waals surface area contributed by atoms with E-state index in [0.29, 0.717) is 38.4 Å². The van der Waals surface area contributed by atoms with Crippen molar-refractivity contribution in [1.82, 2.24) is 5.43 Å². The Kier molecular flexibility index (Phi) is 7.79. The number of hydrogen-bond acceptors (Lipinski definition) is 7. The average Bonchev–Trinajstić information content (AvgIpc) is 3.28. The second kappa shape index (κ2) is 11.0. The maximum Gasteiger partial charge on any atom is 0.281 e. The van der Waals surface area contributed by atoms with Crippen LogP contribution in [0.5, 0.6) is 11.5 Å². The zero-order chi connectivity index (χ0) is 24.9. The predicted octanol–water partition coefficient (Wildman–Crippen LogP) is 6.69. The number of hydrogen-bond donors (Lipinski definition) is 1. The van der Waals surface area contributed by atoms with Crippen molar-refractivity contribution in [3.8, 4) is 11.5 Å². The first kappa shape index (κ1) is 24.8. The Balaban J connectivity index is 1.44. The summed E-state index contributed by atoms with van der Waals surface area (Å²) < 4.78 is 13.8. The largest absolute Gasteiger partial charge is 0.493 e. The number of nitro benzene ring substituents is 1. The summed E-state index contributed by atoms with van der Waals surface area (Å²) in [6.45, 7) is 0.373. The summed E-state index contributed by atoms with van der Waals surface area (Å²) in [7, 11) is 1.55. The van der Waals surface area contributed by atoms with Gasteiger partial charge in [0.2, 0.25) is 0 Å². The van der Waals surface area contributed by atoms with Crippen LogP contribution in [0.25, 0.3) is 10.1 Å². The maximum absolute atomic E-state index is 12.5. The number of ether oxygens (including phenoxy) is 2. The third-order valence-corrected chi connectivity index (χ3v) is 7.23. The van der Waals surface area contributed by atoms with Crippen molar-refractivity contribution < 1.29 is 19.2 Å². The molecule has 11 heteroatoms. The minimum Gasteiger partial charge on any atom is -0.493 e. The lowest BCUT2D eigenvalue weighted by Crippen LogP contribution is -2.16. The monoisotopic (exact) mass is 617 g/mol. The van der Waals surface area contributed by atoms with Crippen molar-refractivity contribution in [1.29, 1.82) is 0 Å². The zero-order valence-corrected chi connectivity index (χ0v) is 22.1. The van der Waals surface area contributed by atoms with Crippen LogP contribution >= 0.6 is 43.2 Å². The van der Waals surface area contributed by atoms with Crippen LogP contribution in [0.4, 0.5) is 5.69 Å². The first-order valence-corrected chi connectivity index (χ1v) is 12.5. The number of rotatable bonds is 8. The molecule has 0 saturated carbocycles. The number of thiophene rings is 1. The first-order valence-electron chi connectivity index (χ1n) is 10.1. The highest BCUT2D eigenvalue weighted by Crippen LogP contribution is 2.34. The number of fused-ring (bicyclic) bond motifs is 1. The zero-order valence-electron chi connectivity index (χ0n) is 18.2. The summed E-state index contributed by atoms with van der Waals surface area (Å²) in [5.41, 5.74) is 4.14. The molecule has 1 heterocycles. The number of benzene rings is 3. The third-order valence-electron chi connectivity index (χ3n) is 4.89. The number of hydrazone groups is 1. The van der Waals surface area contributed by atoms with Gasteiger partial charge >= 0.3 is 0 Å². The second-order valence-corrected chi connectivity index (χ2v) is 10.1. The second-order valence-electron chi connectivity index (χ2n) is 7.23. The molecular weight excluding hydrogens is 602 g/mol. The SMILES string of the molecule is COc1cc(/C=N\NC(=O)c2cc3cc([N+](=O)[O-])ccc3s2)c(Br)cc1OCc1ccc(Br)cc1. The molecule has 0 radical (unpaired) electrons. The first-order chi connectivity index (χ1) is 16.8. The number of carbonyl (C=O) groups is 1. The molecule has 0 atom stereocenters. The van der Waals surface area contributed by atoms with Gasteiger partial charge in [0, 0.05) is 36.7 Å². The van der Waals surface area contributed by atoms with E-state index in [1.807, 2.05) is 24.3 Å². The van der Waals surface area contributed by atoms with Crippen molar-refractivity contribution >= 4 is 71.1 Å². The summed E-state index contributed by atoms with van der Waals surface area (Å²) in [6, 6.07) is 17.4. The van der Waals surface area contributed by atoms with E-state index >= 15 is 0 Å². The smallest absolute Gasteiger partial charge is 0.281 e. The van der Waals surface area contributed by atoms with Crippen LogP contribution in [0.2, 0.25) is 0 Å². The number of carbonyl (C=O) groups excluding carboxylic acids is 1. The quantitative estimate of drug-likeness (QED) is 0.135. The normalized spacial score (nSPS) is 11.1. The van der Waals surface area contributed by atoms with Crippen molar-refractivity contribution in [2.24, 2.45) is 5.10 Å². The van der Waals surface area contributed by atoms with Gasteiger partial charge in [0.1, 0.15) is 6.61 Å². The number of methoxy groups -OCH3 is 1. The highest BCUT2D eigenvalue weighted by molar-refractivity contribution is 9.10. The molecule has 0 fully saturated rings. The van der Waals surface area contributed by atoms with Crippen molar-refractivity contribution in [3.63, 3.8) is 0 Å². The average molecular weight is 619 g/mol. The molecule has 1 N–H and O–H groups in total. The van der Waals surface area contributed by atoms with Crippen LogP contribution < -0.4 is 14.9 Å². The number of amides is 1. The Morgan fingerprint density at radius 3 is 2.60 bits per heavy atom. The maximum atomic E-state index is 12.5. The lowest BCUT2D eigenvalue weighted by atomic mass is 10.2. The number of nitrogens with zero attached hydrogens (tertiary/aromatic N) is 2. The summed E-state index contributed by atoms with van der Waals surface area (Å²) in [5.74, 6) is 0.662. The molecule has 4 aromatic rings. The van der Waals surface area contributed by atoms with E-state index in [-0.39, 0.29) is 5.69 Å². The lowest BCUT2D eigenvalue weighted by Gasteiger charge is -2.13. The van der Waals surface area contributed by atoms with E-state index < -0.39 is 10.8 Å². The van der Waals surface area contributed by atoms with Crippen LogP contribution in [0.1, 0.15) is 20.8 Å². The number of non-ortho nitro benzene ring substituents is 1. The molecule has 0 aliphatic rings. The summed E-state index contributed by atoms with van der Waals surface area (Å²) >= 11 is 8.14. The molecule has 0 bridgehead atoms. The van der Waals surface area contributed by atoms with Crippen LogP contribution in [-0.2, 0) is 6.61 Å². The van der Waals surface area contributed by atoms with Gasteiger partial charge in [-0.05, 0) is 57.9 Å². The Morgan fingerprint density at radius 1 is 1.11 bits per heavy atom. The molecule has 0 aliphatic heterocycles. The summed E-state index contributed by atoms with van der Waals surface area (Å²) in [6.07, 6.45) is 1.49. The van der Waals surface area contributed by atoms with E-state index in [9.17, 15) is 14.9 Å². The van der Waals surface area contributed by atoms with Gasteiger partial charge in [0.15, 0.2) is 11.5 Å². The molecule has 0 saturated heterocycles. The number of nitrogens with one attached hydrogen (secondary N) is 1. The van der Waals surface area contributed by atoms with E-state index in [1.165, 1.54) is 29.7 Å². The number of nitro groups is 1. The van der Waals surface area contributed by atoms with Crippen molar-refractivity contribution in [2.45, 2.75) is 6.61 Å². The summed E-state index contributed by atoms with van der Waals surface area (Å²) in [4.78, 5) is 23.4. The minimum atomic E-state index is -0.468. The van der Waals surface area contributed by atoms with Gasteiger partial charge in [-0.2, -0.15) is 5.10 Å². The Labute approximate surface area is 221 Å². The Morgan fingerprint density at radius 2 is 1.89 bits per heavy atom. The fourth-order valence-corrected chi connectivity index (χ4v) is 4.76. The predicted molar refractivity (Wildman–Crippen MR) is 143 cm³/mol. The Hall–Kier alpha value is -3.28. The molecule has 1 aromatic heterocycles. The number of halogens is 2. The lowest BCUT2D eigenvalue weighted by molar-refractivity contribution is -0.384. The van der Waals surface area contributed by atoms with Gasteiger partial charge in [0.25, 0.3) is 11.6 Å². The van der Waals surface area contributed by atoms with E-state index in [2.05, 4.69) is 42.4 Å². The Bertz CT molecular complexity index is 1440. The molecule has 178 valence electrons. The van der Waals surface area contributed by atoms with Crippen LogP contribution in [0.3, 0.4) is 0 Å². The molecule has 0 aliphatic carbocycles. The van der Waals surface area contributed by atoms with Crippen molar-refractivity contribution in [3.05, 3.63) is 95.7 Å². The van der Waals surface area contributed by atoms with Crippen LogP contribution in [0, 0.1) is 10.1 Å². The molecular formula is C24H17Br2N3O5S. The fraction of sp³-hybridized carbons (Fsp3) is 0.0833. The molecule has 0 unspecified atom stereocenters. The minimum absolute atomic E-state index is 0.0247. The third kappa shape index (κ3) is 6.05. The van der Waals surface area contributed by atoms with Crippen molar-refractivity contribution in [2.75, 3.05) is 7.11 Å². The topological polar surface area (TPSA) is 103 Å². The van der Waals surface area contributed by atoms with Gasteiger partial charge < -0.3 is 9.47 Å². The molecule has 4 rings (SSSR count). The molecule has 35 heavy (non-hydrogen) atoms. The van der Waals surface area contributed by atoms with E-state index in [1.54, 1.807) is 31.4 Å². The van der Waals surface area contributed by atoms with Crippen LogP contribution in [-0.4, -0.2) is 24.2 Å². The molecule has 8 nitrogen and oxygen atoms in total. The van der Waals surface area contributed by atoms with E-state index in [0.717, 1.165) is 14.7 Å². The highest BCUT2D eigenvalue weighted by atomic mass is 79.9. The van der Waals surface area contributed by atoms with Gasteiger partial charge in [-0.3, -0.25) is 14.9 Å².